The van der Waals surface area contributed by atoms with Crippen LogP contribution in [0.1, 0.15) is 25.7 Å². The van der Waals surface area contributed by atoms with Crippen LogP contribution in [0.15, 0.2) is 22.7 Å². The Labute approximate surface area is 118 Å². The zero-order valence-electron chi connectivity index (χ0n) is 10.2. The molecule has 1 heterocycles. The molecule has 1 aromatic rings. The molecule has 0 N–H and O–H groups in total. The Morgan fingerprint density at radius 2 is 1.68 bits per heavy atom. The Kier molecular flexibility index (Phi) is 3.17. The summed E-state index contributed by atoms with van der Waals surface area (Å²) in [5.74, 6) is -1.52. The van der Waals surface area contributed by atoms with Gasteiger partial charge in [-0.25, -0.2) is 9.29 Å². The van der Waals surface area contributed by atoms with Gasteiger partial charge in [0, 0.05) is 4.47 Å². The summed E-state index contributed by atoms with van der Waals surface area (Å²) in [5, 5.41) is 0. The van der Waals surface area contributed by atoms with Crippen molar-refractivity contribution in [2.75, 3.05) is 4.90 Å². The molecule has 2 unspecified atom stereocenters. The number of rotatable bonds is 1. The number of amides is 2. The van der Waals surface area contributed by atoms with Gasteiger partial charge in [-0.1, -0.05) is 28.8 Å². The summed E-state index contributed by atoms with van der Waals surface area (Å²) in [7, 11) is 0. The van der Waals surface area contributed by atoms with E-state index < -0.39 is 5.82 Å². The quantitative estimate of drug-likeness (QED) is 0.743. The molecule has 3 nitrogen and oxygen atoms in total. The average molecular weight is 326 g/mol. The normalized spacial score (nSPS) is 26.7. The fourth-order valence-corrected chi connectivity index (χ4v) is 3.40. The summed E-state index contributed by atoms with van der Waals surface area (Å²) in [6.45, 7) is 0. The van der Waals surface area contributed by atoms with Crippen molar-refractivity contribution in [1.82, 2.24) is 0 Å². The minimum absolute atomic E-state index is 0.0765. The lowest BCUT2D eigenvalue weighted by molar-refractivity contribution is -0.122. The summed E-state index contributed by atoms with van der Waals surface area (Å²) >= 11 is 3.17. The minimum Gasteiger partial charge on any atom is -0.274 e. The maximum absolute atomic E-state index is 14.0. The van der Waals surface area contributed by atoms with Crippen molar-refractivity contribution in [3.05, 3.63) is 28.5 Å². The van der Waals surface area contributed by atoms with Crippen molar-refractivity contribution in [1.29, 1.82) is 0 Å². The second kappa shape index (κ2) is 4.71. The van der Waals surface area contributed by atoms with Crippen molar-refractivity contribution in [2.24, 2.45) is 11.8 Å². The van der Waals surface area contributed by atoms with Crippen LogP contribution in [0, 0.1) is 17.7 Å². The summed E-state index contributed by atoms with van der Waals surface area (Å²) in [4.78, 5) is 25.7. The first-order valence-electron chi connectivity index (χ1n) is 6.42. The molecule has 0 aromatic heterocycles. The maximum atomic E-state index is 14.0. The van der Waals surface area contributed by atoms with Crippen LogP contribution in [0.5, 0.6) is 0 Å². The second-order valence-corrected chi connectivity index (χ2v) is 6.02. The van der Waals surface area contributed by atoms with Crippen LogP contribution in [-0.4, -0.2) is 11.8 Å². The Balaban J connectivity index is 2.00. The predicted molar refractivity (Wildman–Crippen MR) is 72.0 cm³/mol. The first kappa shape index (κ1) is 12.8. The summed E-state index contributed by atoms with van der Waals surface area (Å²) in [5.41, 5.74) is 0.0765. The van der Waals surface area contributed by atoms with E-state index >= 15 is 0 Å². The molecule has 1 aliphatic heterocycles. The van der Waals surface area contributed by atoms with Crippen molar-refractivity contribution >= 4 is 33.4 Å². The van der Waals surface area contributed by atoms with Crippen LogP contribution >= 0.6 is 15.9 Å². The largest absolute Gasteiger partial charge is 0.274 e. The van der Waals surface area contributed by atoms with Crippen LogP contribution in [0.25, 0.3) is 0 Å². The number of anilines is 1. The van der Waals surface area contributed by atoms with E-state index in [0.29, 0.717) is 4.47 Å². The highest BCUT2D eigenvalue weighted by Gasteiger charge is 2.49. The monoisotopic (exact) mass is 325 g/mol. The molecule has 19 heavy (non-hydrogen) atoms. The fraction of sp³-hybridized carbons (Fsp3) is 0.429. The number of nitrogens with zero attached hydrogens (tertiary/aromatic N) is 1. The van der Waals surface area contributed by atoms with Crippen LogP contribution < -0.4 is 4.90 Å². The van der Waals surface area contributed by atoms with Crippen molar-refractivity contribution in [2.45, 2.75) is 25.7 Å². The number of fused-ring (bicyclic) bond motifs is 1. The minimum atomic E-state index is -0.547. The standard InChI is InChI=1S/C14H13BrFNO2/c15-8-5-6-12(11(16)7-8)17-13(18)9-3-1-2-4-10(9)14(17)19/h5-7,9-10H,1-4H2. The topological polar surface area (TPSA) is 37.4 Å². The van der Waals surface area contributed by atoms with Crippen LogP contribution in [0.2, 0.25) is 0 Å². The zero-order chi connectivity index (χ0) is 13.6. The number of hydrogen-bond acceptors (Lipinski definition) is 2. The van der Waals surface area contributed by atoms with Gasteiger partial charge in [0.2, 0.25) is 11.8 Å². The number of carbonyl (C=O) groups is 2. The first-order chi connectivity index (χ1) is 9.09. The molecule has 100 valence electrons. The lowest BCUT2D eigenvalue weighted by Crippen LogP contribution is -2.31. The van der Waals surface area contributed by atoms with Crippen LogP contribution in [0.3, 0.4) is 0 Å². The molecule has 2 aliphatic rings. The van der Waals surface area contributed by atoms with E-state index in [2.05, 4.69) is 15.9 Å². The second-order valence-electron chi connectivity index (χ2n) is 5.11. The summed E-state index contributed by atoms with van der Waals surface area (Å²) < 4.78 is 14.5. The predicted octanol–water partition coefficient (Wildman–Crippen LogP) is 3.27. The van der Waals surface area contributed by atoms with Gasteiger partial charge in [-0.05, 0) is 31.0 Å². The summed E-state index contributed by atoms with van der Waals surface area (Å²) in [6, 6.07) is 4.39. The fourth-order valence-electron chi connectivity index (χ4n) is 3.06. The van der Waals surface area contributed by atoms with Gasteiger partial charge >= 0.3 is 0 Å². The SMILES string of the molecule is O=C1C2CCCCC2C(=O)N1c1ccc(Br)cc1F. The highest BCUT2D eigenvalue weighted by atomic mass is 79.9. The Hall–Kier alpha value is -1.23. The van der Waals surface area contributed by atoms with Crippen LogP contribution in [-0.2, 0) is 9.59 Å². The van der Waals surface area contributed by atoms with E-state index in [9.17, 15) is 14.0 Å². The van der Waals surface area contributed by atoms with E-state index in [1.807, 2.05) is 0 Å². The van der Waals surface area contributed by atoms with Gasteiger partial charge in [0.25, 0.3) is 0 Å². The zero-order valence-corrected chi connectivity index (χ0v) is 11.8. The van der Waals surface area contributed by atoms with Crippen molar-refractivity contribution in [3.63, 3.8) is 0 Å². The number of hydrogen-bond donors (Lipinski definition) is 0. The molecule has 1 aliphatic carbocycles. The Bertz CT molecular complexity index is 536. The lowest BCUT2D eigenvalue weighted by Gasteiger charge is -2.19. The highest BCUT2D eigenvalue weighted by molar-refractivity contribution is 9.10. The number of halogens is 2. The molecule has 2 amide bonds. The third-order valence-electron chi connectivity index (χ3n) is 3.99. The molecule has 2 fully saturated rings. The lowest BCUT2D eigenvalue weighted by atomic mass is 9.81. The van der Waals surface area contributed by atoms with Gasteiger partial charge in [0.1, 0.15) is 5.82 Å². The Morgan fingerprint density at radius 1 is 1.11 bits per heavy atom. The van der Waals surface area contributed by atoms with Gasteiger partial charge in [-0.3, -0.25) is 9.59 Å². The van der Waals surface area contributed by atoms with Crippen molar-refractivity contribution in [3.8, 4) is 0 Å². The van der Waals surface area contributed by atoms with Gasteiger partial charge < -0.3 is 0 Å². The molecular weight excluding hydrogens is 313 g/mol. The third kappa shape index (κ3) is 2.00. The Morgan fingerprint density at radius 3 is 2.21 bits per heavy atom. The third-order valence-corrected chi connectivity index (χ3v) is 4.49. The van der Waals surface area contributed by atoms with Crippen molar-refractivity contribution < 1.29 is 14.0 Å². The molecule has 0 radical (unpaired) electrons. The van der Waals surface area contributed by atoms with E-state index in [1.54, 1.807) is 6.07 Å². The van der Waals surface area contributed by atoms with Gasteiger partial charge in [-0.15, -0.1) is 0 Å². The van der Waals surface area contributed by atoms with Crippen LogP contribution in [0.4, 0.5) is 10.1 Å². The molecule has 3 rings (SSSR count). The van der Waals surface area contributed by atoms with Gasteiger partial charge in [-0.2, -0.15) is 0 Å². The molecule has 1 saturated carbocycles. The molecule has 1 aromatic carbocycles. The maximum Gasteiger partial charge on any atom is 0.237 e. The molecule has 0 bridgehead atoms. The first-order valence-corrected chi connectivity index (χ1v) is 7.22. The number of benzene rings is 1. The molecule has 5 heteroatoms. The molecule has 0 spiro atoms. The van der Waals surface area contributed by atoms with E-state index in [-0.39, 0.29) is 29.3 Å². The molecule has 2 atom stereocenters. The van der Waals surface area contributed by atoms with Gasteiger partial charge in [0.15, 0.2) is 0 Å². The average Bonchev–Trinajstić information content (AvgIpc) is 2.64. The van der Waals surface area contributed by atoms with E-state index in [1.165, 1.54) is 12.1 Å². The van der Waals surface area contributed by atoms with E-state index in [0.717, 1.165) is 30.6 Å². The smallest absolute Gasteiger partial charge is 0.237 e. The molecule has 1 saturated heterocycles. The van der Waals surface area contributed by atoms with Gasteiger partial charge in [0.05, 0.1) is 17.5 Å². The summed E-state index contributed by atoms with van der Waals surface area (Å²) in [6.07, 6.45) is 3.42. The molecular formula is C14H13BrFNO2. The number of imide groups is 1. The highest BCUT2D eigenvalue weighted by Crippen LogP contribution is 2.40. The number of carbonyl (C=O) groups excluding carboxylic acids is 2. The van der Waals surface area contributed by atoms with E-state index in [4.69, 9.17) is 0 Å².